The molecule has 2 rings (SSSR count). The van der Waals surface area contributed by atoms with E-state index in [1.54, 1.807) is 7.11 Å². The third kappa shape index (κ3) is 3.63. The minimum absolute atomic E-state index is 0.110. The Morgan fingerprint density at radius 3 is 2.38 bits per heavy atom. The molecule has 0 aliphatic carbocycles. The molecule has 0 saturated carbocycles. The second-order valence-electron chi connectivity index (χ2n) is 6.47. The molecule has 112 valence electrons. The molecule has 0 radical (unpaired) electrons. The van der Waals surface area contributed by atoms with Crippen molar-refractivity contribution in [2.45, 2.75) is 46.0 Å². The number of nitrogens with zero attached hydrogens (tertiary/aromatic N) is 1. The summed E-state index contributed by atoms with van der Waals surface area (Å²) in [4.78, 5) is 4.33. The second-order valence-corrected chi connectivity index (χ2v) is 6.47. The Hall–Kier alpha value is -1.83. The van der Waals surface area contributed by atoms with Gasteiger partial charge >= 0.3 is 0 Å². The van der Waals surface area contributed by atoms with E-state index in [1.807, 2.05) is 12.3 Å². The zero-order valence-corrected chi connectivity index (χ0v) is 13.7. The van der Waals surface area contributed by atoms with Gasteiger partial charge in [-0.05, 0) is 34.6 Å². The van der Waals surface area contributed by atoms with Crippen LogP contribution < -0.4 is 4.74 Å². The Bertz CT molecular complexity index is 594. The summed E-state index contributed by atoms with van der Waals surface area (Å²) < 4.78 is 5.14. The van der Waals surface area contributed by atoms with E-state index in [-0.39, 0.29) is 5.41 Å². The highest BCUT2D eigenvalue weighted by Crippen LogP contribution is 2.34. The summed E-state index contributed by atoms with van der Waals surface area (Å²) in [6.07, 6.45) is 4.19. The van der Waals surface area contributed by atoms with Crippen LogP contribution in [0.15, 0.2) is 36.5 Å². The lowest BCUT2D eigenvalue weighted by Gasteiger charge is -2.24. The van der Waals surface area contributed by atoms with Crippen LogP contribution in [0.4, 0.5) is 0 Å². The van der Waals surface area contributed by atoms with Gasteiger partial charge in [-0.3, -0.25) is 0 Å². The second kappa shape index (κ2) is 6.30. The van der Waals surface area contributed by atoms with Crippen LogP contribution in [-0.4, -0.2) is 12.1 Å². The molecular weight excluding hydrogens is 258 g/mol. The molecule has 0 N–H and O–H groups in total. The molecule has 2 aromatic rings. The van der Waals surface area contributed by atoms with Crippen LogP contribution in [0, 0.1) is 0 Å². The van der Waals surface area contributed by atoms with Crippen molar-refractivity contribution in [3.8, 4) is 17.0 Å². The van der Waals surface area contributed by atoms with E-state index in [0.717, 1.165) is 12.0 Å². The van der Waals surface area contributed by atoms with Gasteiger partial charge in [0.05, 0.1) is 7.11 Å². The molecule has 2 nitrogen and oxygen atoms in total. The smallest absolute Gasteiger partial charge is 0.212 e. The minimum atomic E-state index is 0.110. The highest BCUT2D eigenvalue weighted by atomic mass is 16.5. The van der Waals surface area contributed by atoms with Crippen LogP contribution in [-0.2, 0) is 11.8 Å². The number of methoxy groups -OCH3 is 1. The van der Waals surface area contributed by atoms with Crippen LogP contribution >= 0.6 is 0 Å². The zero-order chi connectivity index (χ0) is 15.5. The molecule has 1 aromatic carbocycles. The first-order chi connectivity index (χ1) is 9.95. The van der Waals surface area contributed by atoms with Crippen molar-refractivity contribution in [3.05, 3.63) is 47.7 Å². The fourth-order valence-electron chi connectivity index (χ4n) is 2.57. The maximum absolute atomic E-state index is 5.14. The SMILES string of the molecule is CCCc1ccc(-c2ccc(OC)nc2)c(C(C)(C)C)c1. The Kier molecular flexibility index (Phi) is 4.66. The maximum Gasteiger partial charge on any atom is 0.212 e. The predicted molar refractivity (Wildman–Crippen MR) is 88.9 cm³/mol. The van der Waals surface area contributed by atoms with Crippen molar-refractivity contribution < 1.29 is 4.74 Å². The van der Waals surface area contributed by atoms with Gasteiger partial charge in [0.15, 0.2) is 0 Å². The lowest BCUT2D eigenvalue weighted by molar-refractivity contribution is 0.398. The van der Waals surface area contributed by atoms with E-state index in [9.17, 15) is 0 Å². The lowest BCUT2D eigenvalue weighted by atomic mass is 9.81. The Balaban J connectivity index is 2.50. The van der Waals surface area contributed by atoms with Crippen LogP contribution in [0.3, 0.4) is 0 Å². The Labute approximate surface area is 128 Å². The molecule has 2 heteroatoms. The molecule has 0 spiro atoms. The number of ether oxygens (including phenoxy) is 1. The number of aromatic nitrogens is 1. The molecule has 1 aromatic heterocycles. The molecule has 0 bridgehead atoms. The summed E-state index contributed by atoms with van der Waals surface area (Å²) in [5.74, 6) is 0.652. The van der Waals surface area contributed by atoms with Gasteiger partial charge in [0.25, 0.3) is 0 Å². The summed E-state index contributed by atoms with van der Waals surface area (Å²) in [5.41, 5.74) is 5.30. The maximum atomic E-state index is 5.14. The van der Waals surface area contributed by atoms with Crippen molar-refractivity contribution in [1.82, 2.24) is 4.98 Å². The van der Waals surface area contributed by atoms with Crippen LogP contribution in [0.25, 0.3) is 11.1 Å². The van der Waals surface area contributed by atoms with Crippen LogP contribution in [0.5, 0.6) is 5.88 Å². The number of aryl methyl sites for hydroxylation is 1. The molecule has 0 aliphatic heterocycles. The highest BCUT2D eigenvalue weighted by molar-refractivity contribution is 5.68. The monoisotopic (exact) mass is 283 g/mol. The standard InChI is InChI=1S/C19H25NO/c1-6-7-14-8-10-16(17(12-14)19(2,3)4)15-9-11-18(21-5)20-13-15/h8-13H,6-7H2,1-5H3. The van der Waals surface area contributed by atoms with Gasteiger partial charge in [-0.15, -0.1) is 0 Å². The van der Waals surface area contributed by atoms with Gasteiger partial charge in [-0.2, -0.15) is 0 Å². The first-order valence-electron chi connectivity index (χ1n) is 7.59. The van der Waals surface area contributed by atoms with E-state index in [1.165, 1.54) is 23.1 Å². The summed E-state index contributed by atoms with van der Waals surface area (Å²) >= 11 is 0. The van der Waals surface area contributed by atoms with Gasteiger partial charge < -0.3 is 4.74 Å². The summed E-state index contributed by atoms with van der Waals surface area (Å²) in [5, 5.41) is 0. The van der Waals surface area contributed by atoms with E-state index >= 15 is 0 Å². The van der Waals surface area contributed by atoms with Crippen molar-refractivity contribution >= 4 is 0 Å². The van der Waals surface area contributed by atoms with Crippen molar-refractivity contribution in [1.29, 1.82) is 0 Å². The van der Waals surface area contributed by atoms with Gasteiger partial charge in [-0.1, -0.05) is 52.3 Å². The summed E-state index contributed by atoms with van der Waals surface area (Å²) in [6, 6.07) is 10.8. The Morgan fingerprint density at radius 2 is 1.86 bits per heavy atom. The van der Waals surface area contributed by atoms with E-state index in [2.05, 4.69) is 56.9 Å². The van der Waals surface area contributed by atoms with E-state index in [4.69, 9.17) is 4.74 Å². The van der Waals surface area contributed by atoms with Crippen LogP contribution in [0.2, 0.25) is 0 Å². The highest BCUT2D eigenvalue weighted by Gasteiger charge is 2.19. The quantitative estimate of drug-likeness (QED) is 0.787. The van der Waals surface area contributed by atoms with E-state index < -0.39 is 0 Å². The van der Waals surface area contributed by atoms with E-state index in [0.29, 0.717) is 5.88 Å². The van der Waals surface area contributed by atoms with Gasteiger partial charge in [-0.25, -0.2) is 4.98 Å². The summed E-state index contributed by atoms with van der Waals surface area (Å²) in [7, 11) is 1.64. The van der Waals surface area contributed by atoms with Crippen molar-refractivity contribution in [2.75, 3.05) is 7.11 Å². The largest absolute Gasteiger partial charge is 0.481 e. The molecule has 21 heavy (non-hydrogen) atoms. The third-order valence-corrected chi connectivity index (χ3v) is 3.69. The first-order valence-corrected chi connectivity index (χ1v) is 7.59. The molecule has 0 unspecified atom stereocenters. The van der Waals surface area contributed by atoms with Gasteiger partial charge in [0.1, 0.15) is 0 Å². The average Bonchev–Trinajstić information content (AvgIpc) is 2.47. The molecular formula is C19H25NO. The average molecular weight is 283 g/mol. The number of pyridine rings is 1. The molecule has 0 atom stereocenters. The van der Waals surface area contributed by atoms with Gasteiger partial charge in [0, 0.05) is 17.8 Å². The first kappa shape index (κ1) is 15.6. The number of hydrogen-bond acceptors (Lipinski definition) is 2. The zero-order valence-electron chi connectivity index (χ0n) is 13.7. The topological polar surface area (TPSA) is 22.1 Å². The number of rotatable bonds is 4. The lowest BCUT2D eigenvalue weighted by Crippen LogP contribution is -2.13. The van der Waals surface area contributed by atoms with Crippen molar-refractivity contribution in [3.63, 3.8) is 0 Å². The Morgan fingerprint density at radius 1 is 1.10 bits per heavy atom. The summed E-state index contributed by atoms with van der Waals surface area (Å²) in [6.45, 7) is 9.01. The fourth-order valence-corrected chi connectivity index (χ4v) is 2.57. The van der Waals surface area contributed by atoms with Crippen LogP contribution in [0.1, 0.15) is 45.2 Å². The molecule has 0 aliphatic rings. The molecule has 0 saturated heterocycles. The van der Waals surface area contributed by atoms with Crippen molar-refractivity contribution in [2.24, 2.45) is 0 Å². The molecule has 1 heterocycles. The number of benzene rings is 1. The third-order valence-electron chi connectivity index (χ3n) is 3.69. The minimum Gasteiger partial charge on any atom is -0.481 e. The molecule has 0 fully saturated rings. The van der Waals surface area contributed by atoms with Gasteiger partial charge in [0.2, 0.25) is 5.88 Å². The fraction of sp³-hybridized carbons (Fsp3) is 0.421. The normalized spacial score (nSPS) is 11.5. The predicted octanol–water partition coefficient (Wildman–Crippen LogP) is 5.01. The number of hydrogen-bond donors (Lipinski definition) is 0. The molecule has 0 amide bonds.